The molecule has 0 fully saturated rings. The molecule has 0 aliphatic heterocycles. The lowest BCUT2D eigenvalue weighted by Gasteiger charge is -2.07. The molecule has 0 unspecified atom stereocenters. The van der Waals surface area contributed by atoms with Crippen molar-refractivity contribution in [1.82, 2.24) is 0 Å². The Balaban J connectivity index is 2.14. The van der Waals surface area contributed by atoms with Crippen LogP contribution >= 0.6 is 12.6 Å². The topological polar surface area (TPSA) is 0 Å². The van der Waals surface area contributed by atoms with E-state index in [2.05, 4.69) is 62.0 Å². The van der Waals surface area contributed by atoms with Crippen molar-refractivity contribution in [2.45, 2.75) is 18.6 Å². The van der Waals surface area contributed by atoms with E-state index in [-0.39, 0.29) is 0 Å². The third-order valence-electron chi connectivity index (χ3n) is 3.30. The van der Waals surface area contributed by atoms with Crippen molar-refractivity contribution in [3.63, 3.8) is 0 Å². The second kappa shape index (κ2) is 3.67. The summed E-state index contributed by atoms with van der Waals surface area (Å²) in [7, 11) is 0. The summed E-state index contributed by atoms with van der Waals surface area (Å²) in [6, 6.07) is 15.4. The van der Waals surface area contributed by atoms with Gasteiger partial charge < -0.3 is 0 Å². The predicted molar refractivity (Wildman–Crippen MR) is 72.1 cm³/mol. The van der Waals surface area contributed by atoms with Gasteiger partial charge in [0.1, 0.15) is 0 Å². The molecule has 0 nitrogen and oxygen atoms in total. The summed E-state index contributed by atoms with van der Waals surface area (Å²) in [4.78, 5) is 0. The maximum atomic E-state index is 4.49. The van der Waals surface area contributed by atoms with Crippen molar-refractivity contribution in [1.29, 1.82) is 0 Å². The highest BCUT2D eigenvalue weighted by atomic mass is 32.1. The fraction of sp³-hybridized carbons (Fsp3) is 0.200. The lowest BCUT2D eigenvalue weighted by Crippen LogP contribution is -1.87. The number of rotatable bonds is 1. The summed E-state index contributed by atoms with van der Waals surface area (Å²) in [6.07, 6.45) is 1.07. The summed E-state index contributed by atoms with van der Waals surface area (Å²) in [5.41, 5.74) is 7.00. The molecule has 1 atom stereocenters. The average molecular weight is 226 g/mol. The minimum absolute atomic E-state index is 0.314. The van der Waals surface area contributed by atoms with Crippen LogP contribution in [-0.4, -0.2) is 0 Å². The smallest absolute Gasteiger partial charge is 0.0238 e. The predicted octanol–water partition coefficient (Wildman–Crippen LogP) is 4.25. The molecule has 0 bridgehead atoms. The first-order valence-corrected chi connectivity index (χ1v) is 6.16. The molecule has 1 aliphatic rings. The van der Waals surface area contributed by atoms with Crippen LogP contribution in [0, 0.1) is 0 Å². The molecule has 0 amide bonds. The molecule has 0 saturated heterocycles. The van der Waals surface area contributed by atoms with E-state index in [1.54, 1.807) is 0 Å². The van der Waals surface area contributed by atoms with Crippen molar-refractivity contribution in [2.24, 2.45) is 0 Å². The molecule has 2 aromatic carbocycles. The van der Waals surface area contributed by atoms with Gasteiger partial charge in [0.05, 0.1) is 0 Å². The van der Waals surface area contributed by atoms with Crippen LogP contribution in [0.25, 0.3) is 11.1 Å². The number of hydrogen-bond acceptors (Lipinski definition) is 1. The number of benzene rings is 2. The third-order valence-corrected chi connectivity index (χ3v) is 3.60. The van der Waals surface area contributed by atoms with Crippen molar-refractivity contribution >= 4 is 12.6 Å². The highest BCUT2D eigenvalue weighted by Crippen LogP contribution is 2.37. The Morgan fingerprint density at radius 3 is 2.56 bits per heavy atom. The van der Waals surface area contributed by atoms with Gasteiger partial charge in [0, 0.05) is 5.25 Å². The van der Waals surface area contributed by atoms with Crippen LogP contribution < -0.4 is 0 Å². The molecule has 2 aromatic rings. The van der Waals surface area contributed by atoms with Crippen LogP contribution in [-0.2, 0) is 6.42 Å². The Bertz CT molecular complexity index is 541. The highest BCUT2D eigenvalue weighted by molar-refractivity contribution is 7.80. The van der Waals surface area contributed by atoms with Crippen molar-refractivity contribution in [3.05, 3.63) is 59.2 Å². The normalized spacial score (nSPS) is 14.4. The quantitative estimate of drug-likeness (QED) is 0.589. The summed E-state index contributed by atoms with van der Waals surface area (Å²) < 4.78 is 0. The zero-order valence-electron chi connectivity index (χ0n) is 9.27. The van der Waals surface area contributed by atoms with Gasteiger partial charge >= 0.3 is 0 Å². The molecule has 0 heterocycles. The van der Waals surface area contributed by atoms with Crippen molar-refractivity contribution in [2.75, 3.05) is 0 Å². The Hall–Kier alpha value is -1.21. The second-order valence-corrected chi connectivity index (χ2v) is 5.20. The molecule has 0 aromatic heterocycles. The van der Waals surface area contributed by atoms with E-state index in [0.29, 0.717) is 5.25 Å². The Morgan fingerprint density at radius 1 is 1.00 bits per heavy atom. The van der Waals surface area contributed by atoms with E-state index in [4.69, 9.17) is 0 Å². The minimum Gasteiger partial charge on any atom is -0.171 e. The molecule has 0 N–H and O–H groups in total. The SMILES string of the molecule is C[C@@H](S)c1ccc2c(c1)Cc1ccccc1-2. The fourth-order valence-electron chi connectivity index (χ4n) is 2.42. The van der Waals surface area contributed by atoms with E-state index in [9.17, 15) is 0 Å². The maximum absolute atomic E-state index is 4.49. The van der Waals surface area contributed by atoms with E-state index < -0.39 is 0 Å². The van der Waals surface area contributed by atoms with Gasteiger partial charge in [-0.15, -0.1) is 0 Å². The molecule has 0 radical (unpaired) electrons. The fourth-order valence-corrected chi connectivity index (χ4v) is 2.59. The van der Waals surface area contributed by atoms with Crippen LogP contribution in [0.5, 0.6) is 0 Å². The number of thiol groups is 1. The molecular formula is C15H14S. The Labute approximate surface area is 102 Å². The molecule has 3 rings (SSSR count). The molecular weight excluding hydrogens is 212 g/mol. The lowest BCUT2D eigenvalue weighted by molar-refractivity contribution is 1.10. The summed E-state index contributed by atoms with van der Waals surface area (Å²) in [5.74, 6) is 0. The third kappa shape index (κ3) is 1.47. The average Bonchev–Trinajstić information content (AvgIpc) is 2.66. The zero-order valence-corrected chi connectivity index (χ0v) is 10.2. The summed E-state index contributed by atoms with van der Waals surface area (Å²) in [5, 5.41) is 0.314. The first-order valence-electron chi connectivity index (χ1n) is 5.65. The Kier molecular flexibility index (Phi) is 2.29. The summed E-state index contributed by atoms with van der Waals surface area (Å²) >= 11 is 4.49. The monoisotopic (exact) mass is 226 g/mol. The molecule has 1 aliphatic carbocycles. The van der Waals surface area contributed by atoms with E-state index >= 15 is 0 Å². The van der Waals surface area contributed by atoms with Gasteiger partial charge in [0.25, 0.3) is 0 Å². The largest absolute Gasteiger partial charge is 0.171 e. The van der Waals surface area contributed by atoms with Crippen LogP contribution in [0.4, 0.5) is 0 Å². The highest BCUT2D eigenvalue weighted by Gasteiger charge is 2.18. The molecule has 80 valence electrons. The van der Waals surface area contributed by atoms with Gasteiger partial charge in [-0.25, -0.2) is 0 Å². The van der Waals surface area contributed by atoms with Gasteiger partial charge in [-0.3, -0.25) is 0 Å². The van der Waals surface area contributed by atoms with E-state index in [0.717, 1.165) is 6.42 Å². The van der Waals surface area contributed by atoms with Crippen LogP contribution in [0.2, 0.25) is 0 Å². The first-order chi connectivity index (χ1) is 7.75. The van der Waals surface area contributed by atoms with Crippen LogP contribution in [0.3, 0.4) is 0 Å². The van der Waals surface area contributed by atoms with Crippen LogP contribution in [0.15, 0.2) is 42.5 Å². The van der Waals surface area contributed by atoms with Gasteiger partial charge in [-0.05, 0) is 41.2 Å². The first kappa shape index (κ1) is 9.98. The number of fused-ring (bicyclic) bond motifs is 3. The van der Waals surface area contributed by atoms with Gasteiger partial charge in [0.2, 0.25) is 0 Å². The number of hydrogen-bond donors (Lipinski definition) is 1. The Morgan fingerprint density at radius 2 is 1.75 bits per heavy atom. The van der Waals surface area contributed by atoms with Crippen molar-refractivity contribution in [3.8, 4) is 11.1 Å². The maximum Gasteiger partial charge on any atom is 0.0238 e. The van der Waals surface area contributed by atoms with Gasteiger partial charge in [-0.1, -0.05) is 42.5 Å². The molecule has 1 heteroatoms. The zero-order chi connectivity index (χ0) is 11.1. The standard InChI is InChI=1S/C15H14S/c1-10(16)11-6-7-15-13(8-11)9-12-4-2-3-5-14(12)15/h2-8,10,16H,9H2,1H3/t10-/m1/s1. The molecule has 0 spiro atoms. The minimum atomic E-state index is 0.314. The van der Waals surface area contributed by atoms with Gasteiger partial charge in [-0.2, -0.15) is 12.6 Å². The molecule has 0 saturated carbocycles. The molecule has 16 heavy (non-hydrogen) atoms. The van der Waals surface area contributed by atoms with E-state index in [1.165, 1.54) is 27.8 Å². The van der Waals surface area contributed by atoms with Crippen molar-refractivity contribution < 1.29 is 0 Å². The second-order valence-electron chi connectivity index (χ2n) is 4.43. The van der Waals surface area contributed by atoms with Gasteiger partial charge in [0.15, 0.2) is 0 Å². The van der Waals surface area contributed by atoms with E-state index in [1.807, 2.05) is 0 Å². The lowest BCUT2D eigenvalue weighted by atomic mass is 10.0. The van der Waals surface area contributed by atoms with Crippen LogP contribution in [0.1, 0.15) is 28.9 Å². The summed E-state index contributed by atoms with van der Waals surface area (Å²) in [6.45, 7) is 2.12.